The zero-order chi connectivity index (χ0) is 22.1. The monoisotopic (exact) mass is 426 g/mol. The molecular weight excluding hydrogens is 384 g/mol. The fraction of sp³-hybridized carbons (Fsp3) is 0.913. The van der Waals surface area contributed by atoms with Crippen LogP contribution >= 0.6 is 0 Å². The van der Waals surface area contributed by atoms with Crippen molar-refractivity contribution in [3.8, 4) is 0 Å². The minimum atomic E-state index is -1.12. The van der Waals surface area contributed by atoms with Crippen LogP contribution in [0.3, 0.4) is 0 Å². The van der Waals surface area contributed by atoms with Gasteiger partial charge >= 0.3 is 12.1 Å². The molecule has 2 saturated carbocycles. The summed E-state index contributed by atoms with van der Waals surface area (Å²) in [5, 5.41) is 22.3. The number of likely N-dealkylation sites (tertiary alicyclic amines) is 1. The molecule has 1 saturated heterocycles. The van der Waals surface area contributed by atoms with E-state index in [0.29, 0.717) is 6.42 Å². The third kappa shape index (κ3) is 8.80. The zero-order valence-corrected chi connectivity index (χ0v) is 19.1. The van der Waals surface area contributed by atoms with E-state index in [9.17, 15) is 14.7 Å². The highest BCUT2D eigenvalue weighted by Gasteiger charge is 2.37. The minimum Gasteiger partial charge on any atom is -0.480 e. The first-order valence-corrected chi connectivity index (χ1v) is 11.8. The molecule has 2 aliphatic carbocycles. The molecule has 0 aromatic heterocycles. The highest BCUT2D eigenvalue weighted by molar-refractivity contribution is 5.80. The van der Waals surface area contributed by atoms with Crippen molar-refractivity contribution in [3.05, 3.63) is 0 Å². The van der Waals surface area contributed by atoms with E-state index in [4.69, 9.17) is 9.84 Å². The molecule has 0 radical (unpaired) electrons. The Labute approximate surface area is 181 Å². The summed E-state index contributed by atoms with van der Waals surface area (Å²) in [4.78, 5) is 24.0. The summed E-state index contributed by atoms with van der Waals surface area (Å²) in [5.41, 5.74) is -0.657. The van der Waals surface area contributed by atoms with E-state index in [1.807, 2.05) is 0 Å². The van der Waals surface area contributed by atoms with E-state index in [1.165, 1.54) is 69.1 Å². The van der Waals surface area contributed by atoms with Gasteiger partial charge in [0.1, 0.15) is 11.6 Å². The van der Waals surface area contributed by atoms with Gasteiger partial charge in [-0.15, -0.1) is 0 Å². The Bertz CT molecular complexity index is 520. The lowest BCUT2D eigenvalue weighted by molar-refractivity contribution is -0.146. The standard InChI is InChI=1S/C12H23N.C11H19NO5/c1-3-7-11(8-4-1)13-12-9-5-2-6-10-12;1-11(2,3)17-10(16)12-5-4-7(13)6-8(12)9(14)15/h11-13H,1-10H2;7-8,13H,4-6H2,1-3H3,(H,14,15)/t;7-,8-/m.0/s1. The van der Waals surface area contributed by atoms with E-state index in [2.05, 4.69) is 5.32 Å². The van der Waals surface area contributed by atoms with Crippen molar-refractivity contribution >= 4 is 12.1 Å². The highest BCUT2D eigenvalue weighted by atomic mass is 16.6. The number of amides is 1. The van der Waals surface area contributed by atoms with Crippen LogP contribution in [0, 0.1) is 0 Å². The van der Waals surface area contributed by atoms with Gasteiger partial charge in [-0.3, -0.25) is 4.90 Å². The fourth-order valence-electron chi connectivity index (χ4n) is 4.59. The fourth-order valence-corrected chi connectivity index (χ4v) is 4.59. The van der Waals surface area contributed by atoms with Gasteiger partial charge < -0.3 is 20.3 Å². The Hall–Kier alpha value is -1.34. The number of aliphatic hydroxyl groups excluding tert-OH is 1. The Balaban J connectivity index is 0.000000220. The first-order valence-electron chi connectivity index (χ1n) is 11.8. The summed E-state index contributed by atoms with van der Waals surface area (Å²) >= 11 is 0. The van der Waals surface area contributed by atoms with Crippen LogP contribution in [-0.4, -0.2) is 63.6 Å². The van der Waals surface area contributed by atoms with Gasteiger partial charge in [-0.25, -0.2) is 9.59 Å². The number of aliphatic carboxylic acids is 1. The van der Waals surface area contributed by atoms with Gasteiger partial charge in [0.15, 0.2) is 0 Å². The van der Waals surface area contributed by atoms with Crippen LogP contribution in [0.2, 0.25) is 0 Å². The Morgan fingerprint density at radius 1 is 0.900 bits per heavy atom. The average molecular weight is 427 g/mol. The van der Waals surface area contributed by atoms with Crippen LogP contribution < -0.4 is 5.32 Å². The molecule has 30 heavy (non-hydrogen) atoms. The summed E-state index contributed by atoms with van der Waals surface area (Å²) in [6, 6.07) is 0.738. The normalized spacial score (nSPS) is 26.5. The molecule has 3 aliphatic rings. The topological polar surface area (TPSA) is 99.1 Å². The maximum atomic E-state index is 11.8. The summed E-state index contributed by atoms with van der Waals surface area (Å²) < 4.78 is 5.13. The van der Waals surface area contributed by atoms with Gasteiger partial charge in [-0.2, -0.15) is 0 Å². The second-order valence-corrected chi connectivity index (χ2v) is 10.0. The molecule has 174 valence electrons. The molecule has 3 N–H and O–H groups in total. The highest BCUT2D eigenvalue weighted by Crippen LogP contribution is 2.23. The van der Waals surface area contributed by atoms with Crippen LogP contribution in [-0.2, 0) is 9.53 Å². The van der Waals surface area contributed by atoms with Gasteiger partial charge in [-0.1, -0.05) is 38.5 Å². The number of hydrogen-bond acceptors (Lipinski definition) is 5. The molecule has 0 aromatic rings. The molecule has 2 atom stereocenters. The van der Waals surface area contributed by atoms with E-state index >= 15 is 0 Å². The number of aliphatic hydroxyl groups is 1. The number of hydrogen-bond donors (Lipinski definition) is 3. The summed E-state index contributed by atoms with van der Waals surface area (Å²) in [5.74, 6) is -1.12. The molecule has 7 nitrogen and oxygen atoms in total. The summed E-state index contributed by atoms with van der Waals surface area (Å²) in [6.45, 7) is 5.37. The van der Waals surface area contributed by atoms with Gasteiger partial charge in [0.05, 0.1) is 6.10 Å². The zero-order valence-electron chi connectivity index (χ0n) is 19.1. The molecule has 7 heteroatoms. The lowest BCUT2D eigenvalue weighted by Crippen LogP contribution is -2.52. The van der Waals surface area contributed by atoms with E-state index in [0.717, 1.165) is 12.1 Å². The van der Waals surface area contributed by atoms with Crippen LogP contribution in [0.5, 0.6) is 0 Å². The first-order chi connectivity index (χ1) is 14.2. The van der Waals surface area contributed by atoms with Gasteiger partial charge in [0, 0.05) is 25.0 Å². The van der Waals surface area contributed by atoms with Crippen LogP contribution in [0.15, 0.2) is 0 Å². The molecule has 1 aliphatic heterocycles. The van der Waals surface area contributed by atoms with Gasteiger partial charge in [0.25, 0.3) is 0 Å². The average Bonchev–Trinajstić information content (AvgIpc) is 2.68. The lowest BCUT2D eigenvalue weighted by Gasteiger charge is -2.36. The predicted octanol–water partition coefficient (Wildman–Crippen LogP) is 4.07. The molecular formula is C23H42N2O5. The number of carboxylic acid groups (broad SMARTS) is 1. The third-order valence-corrected chi connectivity index (χ3v) is 6.17. The summed E-state index contributed by atoms with van der Waals surface area (Å²) in [6.07, 6.45) is 13.7. The number of nitrogens with one attached hydrogen (secondary N) is 1. The molecule has 0 unspecified atom stereocenters. The number of ether oxygens (including phenoxy) is 1. The summed E-state index contributed by atoms with van der Waals surface area (Å²) in [7, 11) is 0. The van der Waals surface area contributed by atoms with Crippen molar-refractivity contribution in [3.63, 3.8) is 0 Å². The predicted molar refractivity (Wildman–Crippen MR) is 116 cm³/mol. The van der Waals surface area contributed by atoms with Crippen molar-refractivity contribution in [2.75, 3.05) is 6.54 Å². The SMILES string of the molecule is C1CCC(NC2CCCCC2)CC1.CC(C)(C)OC(=O)N1CC[C@H](O)C[C@H]1C(=O)O. The van der Waals surface area contributed by atoms with Gasteiger partial charge in [0.2, 0.25) is 0 Å². The van der Waals surface area contributed by atoms with Gasteiger partial charge in [-0.05, 0) is 52.9 Å². The second kappa shape index (κ2) is 11.9. The van der Waals surface area contributed by atoms with Crippen LogP contribution in [0.1, 0.15) is 97.8 Å². The molecule has 3 fully saturated rings. The smallest absolute Gasteiger partial charge is 0.411 e. The maximum Gasteiger partial charge on any atom is 0.411 e. The number of carbonyl (C=O) groups is 2. The van der Waals surface area contributed by atoms with Crippen LogP contribution in [0.4, 0.5) is 4.79 Å². The third-order valence-electron chi connectivity index (χ3n) is 6.17. The molecule has 0 bridgehead atoms. The van der Waals surface area contributed by atoms with Crippen molar-refractivity contribution in [1.29, 1.82) is 0 Å². The molecule has 0 aromatic carbocycles. The number of piperidine rings is 1. The number of carboxylic acids is 1. The second-order valence-electron chi connectivity index (χ2n) is 10.0. The number of carbonyl (C=O) groups excluding carboxylic acids is 1. The van der Waals surface area contributed by atoms with Crippen molar-refractivity contribution < 1.29 is 24.5 Å². The van der Waals surface area contributed by atoms with Crippen molar-refractivity contribution in [2.24, 2.45) is 0 Å². The van der Waals surface area contributed by atoms with Crippen molar-refractivity contribution in [1.82, 2.24) is 10.2 Å². The molecule has 3 rings (SSSR count). The van der Waals surface area contributed by atoms with Crippen molar-refractivity contribution in [2.45, 2.75) is 128 Å². The lowest BCUT2D eigenvalue weighted by atomic mass is 9.91. The van der Waals surface area contributed by atoms with E-state index in [-0.39, 0.29) is 13.0 Å². The largest absolute Gasteiger partial charge is 0.480 e. The maximum absolute atomic E-state index is 11.8. The number of nitrogens with zero attached hydrogens (tertiary/aromatic N) is 1. The Kier molecular flexibility index (Phi) is 9.88. The Morgan fingerprint density at radius 3 is 1.83 bits per heavy atom. The first kappa shape index (κ1) is 24.9. The number of rotatable bonds is 3. The quantitative estimate of drug-likeness (QED) is 0.629. The Morgan fingerprint density at radius 2 is 1.40 bits per heavy atom. The molecule has 1 amide bonds. The molecule has 1 heterocycles. The molecule has 0 spiro atoms. The van der Waals surface area contributed by atoms with E-state index < -0.39 is 29.8 Å². The van der Waals surface area contributed by atoms with E-state index in [1.54, 1.807) is 20.8 Å². The van der Waals surface area contributed by atoms with Crippen LogP contribution in [0.25, 0.3) is 0 Å². The minimum absolute atomic E-state index is 0.0502.